The van der Waals surface area contributed by atoms with Crippen LogP contribution in [0.15, 0.2) is 41.8 Å². The summed E-state index contributed by atoms with van der Waals surface area (Å²) >= 11 is 1.49. The van der Waals surface area contributed by atoms with Crippen LogP contribution in [-0.4, -0.2) is 5.78 Å². The van der Waals surface area contributed by atoms with Crippen LogP contribution in [0.1, 0.15) is 40.6 Å². The van der Waals surface area contributed by atoms with Gasteiger partial charge in [-0.15, -0.1) is 11.3 Å². The molecule has 0 aliphatic carbocycles. The van der Waals surface area contributed by atoms with Crippen molar-refractivity contribution in [2.75, 3.05) is 0 Å². The number of hydrogen-bond donors (Lipinski definition) is 0. The summed E-state index contributed by atoms with van der Waals surface area (Å²) in [6, 6.07) is 11.7. The van der Waals surface area contributed by atoms with Gasteiger partial charge in [0.15, 0.2) is 0 Å². The molecule has 0 atom stereocenters. The number of ketones is 1. The van der Waals surface area contributed by atoms with E-state index in [1.807, 2.05) is 41.8 Å². The fourth-order valence-corrected chi connectivity index (χ4v) is 2.26. The van der Waals surface area contributed by atoms with Crippen molar-refractivity contribution in [1.82, 2.24) is 0 Å². The molecular weight excluding hydrogens is 216 g/mol. The smallest absolute Gasteiger partial charge is 0.202 e. The molecule has 0 fully saturated rings. The Balaban J connectivity index is 2.25. The zero-order valence-corrected chi connectivity index (χ0v) is 10.3. The number of rotatable bonds is 3. The number of thiophene rings is 1. The molecule has 0 spiro atoms. The molecule has 0 aliphatic rings. The van der Waals surface area contributed by atoms with Gasteiger partial charge in [-0.1, -0.05) is 44.2 Å². The van der Waals surface area contributed by atoms with Gasteiger partial charge in [0.05, 0.1) is 4.88 Å². The van der Waals surface area contributed by atoms with E-state index in [-0.39, 0.29) is 5.78 Å². The summed E-state index contributed by atoms with van der Waals surface area (Å²) < 4.78 is 0. The Morgan fingerprint density at radius 1 is 1.12 bits per heavy atom. The maximum Gasteiger partial charge on any atom is 0.202 e. The van der Waals surface area contributed by atoms with Crippen molar-refractivity contribution in [1.29, 1.82) is 0 Å². The van der Waals surface area contributed by atoms with Gasteiger partial charge in [0, 0.05) is 5.56 Å². The minimum Gasteiger partial charge on any atom is -0.288 e. The monoisotopic (exact) mass is 230 g/mol. The summed E-state index contributed by atoms with van der Waals surface area (Å²) in [6.45, 7) is 4.30. The zero-order valence-electron chi connectivity index (χ0n) is 9.44. The molecule has 2 rings (SSSR count). The third-order valence-electron chi connectivity index (χ3n) is 2.58. The number of carbonyl (C=O) groups is 1. The Kier molecular flexibility index (Phi) is 3.20. The van der Waals surface area contributed by atoms with Crippen molar-refractivity contribution in [2.45, 2.75) is 19.8 Å². The fraction of sp³-hybridized carbons (Fsp3) is 0.214. The Bertz CT molecular complexity index is 466. The highest BCUT2D eigenvalue weighted by atomic mass is 32.1. The summed E-state index contributed by atoms with van der Waals surface area (Å²) in [6.07, 6.45) is 0. The van der Waals surface area contributed by atoms with Crippen LogP contribution in [-0.2, 0) is 0 Å². The summed E-state index contributed by atoms with van der Waals surface area (Å²) in [4.78, 5) is 12.8. The van der Waals surface area contributed by atoms with Crippen LogP contribution < -0.4 is 0 Å². The van der Waals surface area contributed by atoms with Crippen LogP contribution in [0.2, 0.25) is 0 Å². The predicted octanol–water partition coefficient (Wildman–Crippen LogP) is 4.10. The van der Waals surface area contributed by atoms with E-state index in [1.165, 1.54) is 16.9 Å². The molecule has 0 saturated heterocycles. The highest BCUT2D eigenvalue weighted by molar-refractivity contribution is 7.12. The molecular formula is C14H14OS. The van der Waals surface area contributed by atoms with Crippen LogP contribution in [0, 0.1) is 0 Å². The molecule has 16 heavy (non-hydrogen) atoms. The lowest BCUT2D eigenvalue weighted by atomic mass is 10.0. The Morgan fingerprint density at radius 3 is 2.31 bits per heavy atom. The molecule has 1 heterocycles. The third kappa shape index (κ3) is 2.22. The topological polar surface area (TPSA) is 17.1 Å². The van der Waals surface area contributed by atoms with Gasteiger partial charge >= 0.3 is 0 Å². The number of carbonyl (C=O) groups excluding carboxylic acids is 1. The van der Waals surface area contributed by atoms with Crippen molar-refractivity contribution in [3.05, 3.63) is 57.8 Å². The van der Waals surface area contributed by atoms with Gasteiger partial charge < -0.3 is 0 Å². The van der Waals surface area contributed by atoms with E-state index in [2.05, 4.69) is 13.8 Å². The molecule has 1 aromatic heterocycles. The maximum absolute atomic E-state index is 12.0. The zero-order chi connectivity index (χ0) is 11.5. The molecule has 0 amide bonds. The van der Waals surface area contributed by atoms with Crippen LogP contribution in [0.3, 0.4) is 0 Å². The minimum atomic E-state index is 0.116. The van der Waals surface area contributed by atoms with Gasteiger partial charge in [-0.3, -0.25) is 4.79 Å². The Labute approximate surface area is 99.8 Å². The molecule has 0 saturated carbocycles. The molecule has 0 radical (unpaired) electrons. The van der Waals surface area contributed by atoms with E-state index in [9.17, 15) is 4.79 Å². The second-order valence-electron chi connectivity index (χ2n) is 4.08. The molecule has 1 nitrogen and oxygen atoms in total. The largest absolute Gasteiger partial charge is 0.288 e. The summed E-state index contributed by atoms with van der Waals surface area (Å²) in [5.74, 6) is 0.621. The molecule has 0 bridgehead atoms. The van der Waals surface area contributed by atoms with Crippen LogP contribution in [0.25, 0.3) is 0 Å². The van der Waals surface area contributed by atoms with Gasteiger partial charge in [-0.05, 0) is 22.9 Å². The van der Waals surface area contributed by atoms with Crippen LogP contribution in [0.5, 0.6) is 0 Å². The Hall–Kier alpha value is -1.41. The first-order valence-corrected chi connectivity index (χ1v) is 6.24. The van der Waals surface area contributed by atoms with E-state index in [4.69, 9.17) is 0 Å². The van der Waals surface area contributed by atoms with Crippen molar-refractivity contribution < 1.29 is 4.79 Å². The van der Waals surface area contributed by atoms with Crippen molar-refractivity contribution in [2.24, 2.45) is 0 Å². The summed E-state index contributed by atoms with van der Waals surface area (Å²) in [7, 11) is 0. The summed E-state index contributed by atoms with van der Waals surface area (Å²) in [5, 5.41) is 1.93. The van der Waals surface area contributed by atoms with Gasteiger partial charge in [0.25, 0.3) is 0 Å². The van der Waals surface area contributed by atoms with Gasteiger partial charge in [0.1, 0.15) is 0 Å². The quantitative estimate of drug-likeness (QED) is 0.725. The SMILES string of the molecule is CC(C)c1ccc(C(=O)c2cccs2)cc1. The molecule has 2 aromatic rings. The van der Waals surface area contributed by atoms with Crippen LogP contribution in [0.4, 0.5) is 0 Å². The van der Waals surface area contributed by atoms with Gasteiger partial charge in [-0.25, -0.2) is 0 Å². The second-order valence-corrected chi connectivity index (χ2v) is 5.03. The minimum absolute atomic E-state index is 0.116. The molecule has 0 aliphatic heterocycles. The molecule has 82 valence electrons. The van der Waals surface area contributed by atoms with E-state index >= 15 is 0 Å². The maximum atomic E-state index is 12.0. The second kappa shape index (κ2) is 4.62. The molecule has 2 heteroatoms. The van der Waals surface area contributed by atoms with E-state index in [1.54, 1.807) is 0 Å². The lowest BCUT2D eigenvalue weighted by Crippen LogP contribution is -1.98. The van der Waals surface area contributed by atoms with E-state index in [0.29, 0.717) is 5.92 Å². The van der Waals surface area contributed by atoms with Gasteiger partial charge in [-0.2, -0.15) is 0 Å². The average Bonchev–Trinajstić information content (AvgIpc) is 2.81. The summed E-state index contributed by atoms with van der Waals surface area (Å²) in [5.41, 5.74) is 2.04. The fourth-order valence-electron chi connectivity index (χ4n) is 1.57. The first-order valence-electron chi connectivity index (χ1n) is 5.36. The first kappa shape index (κ1) is 11.1. The normalized spacial score (nSPS) is 10.7. The standard InChI is InChI=1S/C14H14OS/c1-10(2)11-5-7-12(8-6-11)14(15)13-4-3-9-16-13/h3-10H,1-2H3. The lowest BCUT2D eigenvalue weighted by molar-refractivity contribution is 0.104. The average molecular weight is 230 g/mol. The Morgan fingerprint density at radius 2 is 1.81 bits per heavy atom. The first-order chi connectivity index (χ1) is 7.68. The van der Waals surface area contributed by atoms with Crippen molar-refractivity contribution >= 4 is 17.1 Å². The highest BCUT2D eigenvalue weighted by Crippen LogP contribution is 2.18. The molecule has 0 N–H and O–H groups in total. The lowest BCUT2D eigenvalue weighted by Gasteiger charge is -2.05. The highest BCUT2D eigenvalue weighted by Gasteiger charge is 2.09. The molecule has 0 unspecified atom stereocenters. The molecule has 1 aromatic carbocycles. The van der Waals surface area contributed by atoms with Crippen LogP contribution >= 0.6 is 11.3 Å². The number of benzene rings is 1. The van der Waals surface area contributed by atoms with Crippen molar-refractivity contribution in [3.8, 4) is 0 Å². The van der Waals surface area contributed by atoms with Gasteiger partial charge in [0.2, 0.25) is 5.78 Å². The predicted molar refractivity (Wildman–Crippen MR) is 68.3 cm³/mol. The third-order valence-corrected chi connectivity index (χ3v) is 3.45. The van der Waals surface area contributed by atoms with E-state index < -0.39 is 0 Å². The number of hydrogen-bond acceptors (Lipinski definition) is 2. The van der Waals surface area contributed by atoms with Crippen molar-refractivity contribution in [3.63, 3.8) is 0 Å². The van der Waals surface area contributed by atoms with E-state index in [0.717, 1.165) is 10.4 Å².